The van der Waals surface area contributed by atoms with E-state index in [2.05, 4.69) is 4.72 Å². The molecule has 1 heterocycles. The van der Waals surface area contributed by atoms with Gasteiger partial charge in [0, 0.05) is 22.7 Å². The molecule has 0 aromatic carbocycles. The molecule has 0 fully saturated rings. The maximum absolute atomic E-state index is 12.2. The molecule has 0 saturated carbocycles. The molecule has 1 aromatic rings. The molecule has 2 atom stereocenters. The minimum Gasteiger partial charge on any atom is -0.598 e. The average molecular weight is 308 g/mol. The number of hydrogen-bond donors (Lipinski definition) is 1. The van der Waals surface area contributed by atoms with Crippen LogP contribution in [0.4, 0.5) is 0 Å². The van der Waals surface area contributed by atoms with Crippen molar-refractivity contribution in [2.75, 3.05) is 0 Å². The van der Waals surface area contributed by atoms with E-state index in [0.717, 1.165) is 11.2 Å². The first kappa shape index (κ1) is 16.0. The van der Waals surface area contributed by atoms with Crippen LogP contribution in [0.5, 0.6) is 0 Å². The Morgan fingerprint density at radius 2 is 2.11 bits per heavy atom. The number of halogens is 1. The third-order valence-corrected chi connectivity index (χ3v) is 5.84. The van der Waals surface area contributed by atoms with Crippen LogP contribution >= 0.6 is 22.9 Å². The molecule has 0 unspecified atom stereocenters. The van der Waals surface area contributed by atoms with E-state index >= 15 is 0 Å². The zero-order valence-corrected chi connectivity index (χ0v) is 13.3. The minimum atomic E-state index is -1.26. The SMILES string of the molecule is CC(C)(C)[S@@+]([O-])N[C@@](C)(CC=O)c1sccc1Cl. The van der Waals surface area contributed by atoms with Crippen molar-refractivity contribution in [1.29, 1.82) is 0 Å². The van der Waals surface area contributed by atoms with Gasteiger partial charge in [0.25, 0.3) is 0 Å². The summed E-state index contributed by atoms with van der Waals surface area (Å²) in [5.74, 6) is 0. The summed E-state index contributed by atoms with van der Waals surface area (Å²) >= 11 is 6.31. The van der Waals surface area contributed by atoms with Crippen LogP contribution in [0.1, 0.15) is 39.0 Å². The third-order valence-electron chi connectivity index (χ3n) is 2.48. The predicted octanol–water partition coefficient (Wildman–Crippen LogP) is 3.26. The Morgan fingerprint density at radius 1 is 1.50 bits per heavy atom. The monoisotopic (exact) mass is 307 g/mol. The fraction of sp³-hybridized carbons (Fsp3) is 0.583. The quantitative estimate of drug-likeness (QED) is 0.671. The molecule has 1 aromatic heterocycles. The second-order valence-corrected chi connectivity index (χ2v) is 8.57. The summed E-state index contributed by atoms with van der Waals surface area (Å²) in [5, 5.41) is 2.46. The zero-order chi connectivity index (χ0) is 14.0. The third kappa shape index (κ3) is 3.71. The van der Waals surface area contributed by atoms with E-state index in [4.69, 9.17) is 11.6 Å². The molecule has 0 aliphatic rings. The maximum atomic E-state index is 12.2. The summed E-state index contributed by atoms with van der Waals surface area (Å²) in [4.78, 5) is 11.7. The van der Waals surface area contributed by atoms with Crippen LogP contribution in [-0.4, -0.2) is 15.6 Å². The van der Waals surface area contributed by atoms with E-state index in [1.165, 1.54) is 11.3 Å². The Balaban J connectivity index is 3.02. The molecule has 18 heavy (non-hydrogen) atoms. The lowest BCUT2D eigenvalue weighted by molar-refractivity contribution is -0.108. The van der Waals surface area contributed by atoms with Crippen molar-refractivity contribution in [3.63, 3.8) is 0 Å². The summed E-state index contributed by atoms with van der Waals surface area (Å²) in [7, 11) is 0. The standard InChI is InChI=1S/C12H18ClNO2S2/c1-11(2,3)18(16)14-12(4,6-7-15)10-9(13)5-8-17-10/h5,7-8,14H,6H2,1-4H3/t12-,18+/m0/s1. The summed E-state index contributed by atoms with van der Waals surface area (Å²) in [6, 6.07) is 1.78. The maximum Gasteiger partial charge on any atom is 0.136 e. The van der Waals surface area contributed by atoms with Crippen LogP contribution in [0.3, 0.4) is 0 Å². The lowest BCUT2D eigenvalue weighted by Gasteiger charge is -2.33. The van der Waals surface area contributed by atoms with E-state index in [1.807, 2.05) is 33.1 Å². The van der Waals surface area contributed by atoms with Gasteiger partial charge in [-0.05, 0) is 39.1 Å². The molecule has 0 aliphatic heterocycles. The van der Waals surface area contributed by atoms with Gasteiger partial charge in [-0.3, -0.25) is 0 Å². The van der Waals surface area contributed by atoms with Gasteiger partial charge in [0.15, 0.2) is 0 Å². The summed E-state index contributed by atoms with van der Waals surface area (Å²) < 4.78 is 14.9. The highest BCUT2D eigenvalue weighted by Gasteiger charge is 2.38. The highest BCUT2D eigenvalue weighted by atomic mass is 35.5. The van der Waals surface area contributed by atoms with E-state index in [9.17, 15) is 9.35 Å². The molecule has 3 nitrogen and oxygen atoms in total. The van der Waals surface area contributed by atoms with Gasteiger partial charge in [-0.25, -0.2) is 0 Å². The average Bonchev–Trinajstić information content (AvgIpc) is 2.63. The number of aldehydes is 1. The molecule has 1 rings (SSSR count). The van der Waals surface area contributed by atoms with Crippen LogP contribution in [0.2, 0.25) is 5.02 Å². The zero-order valence-electron chi connectivity index (χ0n) is 11.0. The molecule has 102 valence electrons. The largest absolute Gasteiger partial charge is 0.598 e. The smallest absolute Gasteiger partial charge is 0.136 e. The van der Waals surface area contributed by atoms with Crippen LogP contribution < -0.4 is 4.72 Å². The van der Waals surface area contributed by atoms with Crippen molar-refractivity contribution in [3.8, 4) is 0 Å². The number of carbonyl (C=O) groups is 1. The van der Waals surface area contributed by atoms with Crippen LogP contribution in [-0.2, 0) is 21.7 Å². The topological polar surface area (TPSA) is 52.2 Å². The van der Waals surface area contributed by atoms with Crippen molar-refractivity contribution >= 4 is 40.6 Å². The summed E-state index contributed by atoms with van der Waals surface area (Å²) in [6.07, 6.45) is 1.05. The van der Waals surface area contributed by atoms with Crippen molar-refractivity contribution in [2.45, 2.75) is 44.4 Å². The van der Waals surface area contributed by atoms with Crippen molar-refractivity contribution in [3.05, 3.63) is 21.3 Å². The molecule has 0 aliphatic carbocycles. The van der Waals surface area contributed by atoms with Gasteiger partial charge in [0.05, 0.1) is 5.02 Å². The molecule has 0 amide bonds. The van der Waals surface area contributed by atoms with Gasteiger partial charge in [0.1, 0.15) is 16.6 Å². The lowest BCUT2D eigenvalue weighted by Crippen LogP contribution is -2.49. The normalized spacial score (nSPS) is 17.2. The van der Waals surface area contributed by atoms with E-state index in [1.54, 1.807) is 6.07 Å². The first-order valence-corrected chi connectivity index (χ1v) is 7.98. The second kappa shape index (κ2) is 5.92. The van der Waals surface area contributed by atoms with Crippen LogP contribution in [0.25, 0.3) is 0 Å². The second-order valence-electron chi connectivity index (χ2n) is 5.28. The van der Waals surface area contributed by atoms with Crippen LogP contribution in [0, 0.1) is 0 Å². The first-order valence-electron chi connectivity index (χ1n) is 5.57. The number of thiophene rings is 1. The molecule has 0 radical (unpaired) electrons. The summed E-state index contributed by atoms with van der Waals surface area (Å²) in [5.41, 5.74) is -0.689. The van der Waals surface area contributed by atoms with Crippen LogP contribution in [0.15, 0.2) is 11.4 Å². The Kier molecular flexibility index (Phi) is 5.26. The number of carbonyl (C=O) groups excluding carboxylic acids is 1. The number of nitrogens with one attached hydrogen (secondary N) is 1. The first-order chi connectivity index (χ1) is 8.20. The number of hydrogen-bond acceptors (Lipinski definition) is 4. The van der Waals surface area contributed by atoms with Gasteiger partial charge >= 0.3 is 0 Å². The van der Waals surface area contributed by atoms with Gasteiger partial charge in [-0.2, -0.15) is 0 Å². The van der Waals surface area contributed by atoms with Gasteiger partial charge in [-0.1, -0.05) is 11.6 Å². The lowest BCUT2D eigenvalue weighted by atomic mass is 9.98. The van der Waals surface area contributed by atoms with Gasteiger partial charge in [0.2, 0.25) is 0 Å². The van der Waals surface area contributed by atoms with E-state index in [0.29, 0.717) is 5.02 Å². The molecule has 0 saturated heterocycles. The molecule has 1 N–H and O–H groups in total. The molecular formula is C12H18ClNO2S2. The van der Waals surface area contributed by atoms with Crippen molar-refractivity contribution < 1.29 is 9.35 Å². The van der Waals surface area contributed by atoms with E-state index in [-0.39, 0.29) is 6.42 Å². The number of rotatable bonds is 5. The minimum absolute atomic E-state index is 0.231. The molecule has 0 bridgehead atoms. The fourth-order valence-corrected chi connectivity index (χ4v) is 3.75. The van der Waals surface area contributed by atoms with Crippen molar-refractivity contribution in [1.82, 2.24) is 4.72 Å². The Bertz CT molecular complexity index is 416. The Labute approximate surface area is 120 Å². The fourth-order valence-electron chi connectivity index (χ4n) is 1.39. The highest BCUT2D eigenvalue weighted by molar-refractivity contribution is 7.90. The Morgan fingerprint density at radius 3 is 2.50 bits per heavy atom. The van der Waals surface area contributed by atoms with Gasteiger partial charge in [-0.15, -0.1) is 16.1 Å². The molecule has 0 spiro atoms. The summed E-state index contributed by atoms with van der Waals surface area (Å²) in [6.45, 7) is 7.50. The highest BCUT2D eigenvalue weighted by Crippen LogP contribution is 2.36. The Hall–Kier alpha value is -0.0700. The van der Waals surface area contributed by atoms with Gasteiger partial charge < -0.3 is 9.35 Å². The molecule has 6 heteroatoms. The van der Waals surface area contributed by atoms with Crippen molar-refractivity contribution in [2.24, 2.45) is 0 Å². The predicted molar refractivity (Wildman–Crippen MR) is 78.4 cm³/mol. The van der Waals surface area contributed by atoms with E-state index < -0.39 is 21.6 Å². The molecular weight excluding hydrogens is 290 g/mol.